The summed E-state index contributed by atoms with van der Waals surface area (Å²) in [6.07, 6.45) is -4.65. The molecule has 1 atom stereocenters. The maximum Gasteiger partial charge on any atom is 0.416 e. The zero-order chi connectivity index (χ0) is 26.7. The van der Waals surface area contributed by atoms with Crippen molar-refractivity contribution in [1.29, 1.82) is 0 Å². The van der Waals surface area contributed by atoms with Crippen LogP contribution in [0.1, 0.15) is 43.0 Å². The van der Waals surface area contributed by atoms with Crippen molar-refractivity contribution in [2.45, 2.75) is 39.0 Å². The van der Waals surface area contributed by atoms with Gasteiger partial charge in [-0.3, -0.25) is 4.79 Å². The maximum atomic E-state index is 15.0. The third-order valence-electron chi connectivity index (χ3n) is 5.78. The fourth-order valence-corrected chi connectivity index (χ4v) is 5.08. The Balaban J connectivity index is 1.57. The van der Waals surface area contributed by atoms with Crippen molar-refractivity contribution < 1.29 is 31.9 Å². The van der Waals surface area contributed by atoms with Crippen LogP contribution in [0.25, 0.3) is 0 Å². The minimum absolute atomic E-state index is 0.103. The minimum atomic E-state index is -4.49. The highest BCUT2D eigenvalue weighted by Crippen LogP contribution is 2.45. The lowest BCUT2D eigenvalue weighted by atomic mass is 9.93. The fraction of sp³-hybridized carbons (Fsp3) is 0.269. The van der Waals surface area contributed by atoms with Crippen molar-refractivity contribution in [3.05, 3.63) is 93.4 Å². The lowest BCUT2D eigenvalue weighted by Crippen LogP contribution is -2.38. The molecule has 0 bridgehead atoms. The Kier molecular flexibility index (Phi) is 7.72. The first-order valence-corrected chi connectivity index (χ1v) is 12.3. The molecule has 11 heteroatoms. The second-order valence-electron chi connectivity index (χ2n) is 8.29. The molecule has 0 saturated carbocycles. The quantitative estimate of drug-likeness (QED) is 0.366. The number of alkyl halides is 3. The fourth-order valence-electron chi connectivity index (χ4n) is 4.12. The van der Waals surface area contributed by atoms with E-state index in [0.717, 1.165) is 12.1 Å². The van der Waals surface area contributed by atoms with E-state index in [1.807, 2.05) is 0 Å². The highest BCUT2D eigenvalue weighted by molar-refractivity contribution is 8.16. The Hall–Kier alpha value is -3.60. The monoisotopic (exact) mass is 533 g/mol. The van der Waals surface area contributed by atoms with Gasteiger partial charge in [-0.15, -0.1) is 0 Å². The average Bonchev–Trinajstić information content (AvgIpc) is 3.24. The highest BCUT2D eigenvalue weighted by Gasteiger charge is 2.42. The van der Waals surface area contributed by atoms with Crippen LogP contribution in [0.3, 0.4) is 0 Å². The summed E-state index contributed by atoms with van der Waals surface area (Å²) < 4.78 is 59.2. The molecule has 1 N–H and O–H groups in total. The number of hydrogen-bond donors (Lipinski definition) is 1. The summed E-state index contributed by atoms with van der Waals surface area (Å²) in [6, 6.07) is 9.83. The van der Waals surface area contributed by atoms with Crippen molar-refractivity contribution in [3.8, 4) is 0 Å². The number of rotatable bonds is 7. The van der Waals surface area contributed by atoms with Gasteiger partial charge in [-0.1, -0.05) is 42.1 Å². The molecule has 2 aliphatic heterocycles. The van der Waals surface area contributed by atoms with Gasteiger partial charge in [-0.05, 0) is 43.0 Å². The average molecular weight is 534 g/mol. The van der Waals surface area contributed by atoms with Gasteiger partial charge in [0.1, 0.15) is 5.82 Å². The number of hydrogen-bond acceptors (Lipinski definition) is 6. The maximum absolute atomic E-state index is 15.0. The summed E-state index contributed by atoms with van der Waals surface area (Å²) in [5.41, 5.74) is 0.723. The van der Waals surface area contributed by atoms with Gasteiger partial charge in [0.2, 0.25) is 5.91 Å². The Morgan fingerprint density at radius 1 is 1.16 bits per heavy atom. The van der Waals surface area contributed by atoms with Gasteiger partial charge >= 0.3 is 12.1 Å². The summed E-state index contributed by atoms with van der Waals surface area (Å²) in [7, 11) is 0. The molecule has 2 aromatic rings. The van der Waals surface area contributed by atoms with Gasteiger partial charge < -0.3 is 15.0 Å². The predicted octanol–water partition coefficient (Wildman–Crippen LogP) is 5.69. The first-order valence-electron chi connectivity index (χ1n) is 11.4. The first kappa shape index (κ1) is 26.5. The van der Waals surface area contributed by atoms with Crippen LogP contribution < -0.4 is 5.32 Å². The van der Waals surface area contributed by atoms with Gasteiger partial charge in [-0.25, -0.2) is 14.2 Å². The lowest BCUT2D eigenvalue weighted by molar-refractivity contribution is -0.139. The van der Waals surface area contributed by atoms with Crippen molar-refractivity contribution in [2.75, 3.05) is 6.61 Å². The minimum Gasteiger partial charge on any atom is -0.463 e. The number of esters is 1. The molecule has 0 aromatic heterocycles. The Morgan fingerprint density at radius 2 is 1.92 bits per heavy atom. The molecule has 2 aliphatic rings. The number of amidine groups is 1. The molecule has 0 radical (unpaired) electrons. The standard InChI is InChI=1S/C26H23F4N3O3S/c1-3-36-24(35)22-15(2)32-25-33(23(22)19-9-4-5-10-20(19)27)18(14-37-25)12-21(34)31-13-16-7-6-8-17(11-16)26(28,29)30/h4-11,14,23H,3,12-13H2,1-2H3,(H,31,34). The Labute approximate surface area is 215 Å². The third-order valence-corrected chi connectivity index (χ3v) is 6.67. The van der Waals surface area contributed by atoms with E-state index in [0.29, 0.717) is 22.1 Å². The number of amides is 1. The van der Waals surface area contributed by atoms with E-state index in [9.17, 15) is 27.2 Å². The molecular weight excluding hydrogens is 510 g/mol. The molecule has 0 fully saturated rings. The van der Waals surface area contributed by atoms with Crippen LogP contribution >= 0.6 is 11.8 Å². The van der Waals surface area contributed by atoms with Crippen molar-refractivity contribution >= 4 is 28.8 Å². The Bertz CT molecular complexity index is 1320. The summed E-state index contributed by atoms with van der Waals surface area (Å²) in [5.74, 6) is -1.63. The predicted molar refractivity (Wildman–Crippen MR) is 131 cm³/mol. The van der Waals surface area contributed by atoms with Crippen LogP contribution in [0.15, 0.2) is 75.9 Å². The number of benzene rings is 2. The van der Waals surface area contributed by atoms with E-state index >= 15 is 0 Å². The molecule has 0 saturated heterocycles. The van der Waals surface area contributed by atoms with E-state index in [-0.39, 0.29) is 30.7 Å². The second kappa shape index (κ2) is 10.8. The van der Waals surface area contributed by atoms with Gasteiger partial charge in [0.25, 0.3) is 0 Å². The largest absolute Gasteiger partial charge is 0.463 e. The number of ether oxygens (including phenoxy) is 1. The molecule has 2 heterocycles. The normalized spacial score (nSPS) is 17.2. The number of thioether (sulfide) groups is 1. The van der Waals surface area contributed by atoms with E-state index in [1.165, 1.54) is 36.0 Å². The van der Waals surface area contributed by atoms with Crippen LogP contribution in [-0.2, 0) is 27.0 Å². The van der Waals surface area contributed by atoms with Crippen LogP contribution in [0.2, 0.25) is 0 Å². The van der Waals surface area contributed by atoms with Gasteiger partial charge in [0.05, 0.1) is 35.9 Å². The number of carbonyl (C=O) groups excluding carboxylic acids is 2. The molecule has 0 spiro atoms. The topological polar surface area (TPSA) is 71.0 Å². The zero-order valence-electron chi connectivity index (χ0n) is 19.9. The van der Waals surface area contributed by atoms with Gasteiger partial charge in [-0.2, -0.15) is 13.2 Å². The van der Waals surface area contributed by atoms with E-state index in [1.54, 1.807) is 36.3 Å². The third kappa shape index (κ3) is 5.71. The van der Waals surface area contributed by atoms with Crippen LogP contribution in [0.4, 0.5) is 17.6 Å². The van der Waals surface area contributed by atoms with Crippen LogP contribution in [0, 0.1) is 5.82 Å². The van der Waals surface area contributed by atoms with E-state index in [2.05, 4.69) is 10.3 Å². The second-order valence-corrected chi connectivity index (χ2v) is 9.12. The van der Waals surface area contributed by atoms with Crippen molar-refractivity contribution in [1.82, 2.24) is 10.2 Å². The van der Waals surface area contributed by atoms with E-state index < -0.39 is 35.5 Å². The smallest absolute Gasteiger partial charge is 0.416 e. The number of aliphatic imine (C=N–C) groups is 1. The molecular formula is C26H23F4N3O3S. The number of halogens is 4. The molecule has 0 aliphatic carbocycles. The number of fused-ring (bicyclic) bond motifs is 1. The lowest BCUT2D eigenvalue weighted by Gasteiger charge is -2.36. The first-order chi connectivity index (χ1) is 17.6. The van der Waals surface area contributed by atoms with Crippen molar-refractivity contribution in [2.24, 2.45) is 4.99 Å². The molecule has 1 unspecified atom stereocenters. The molecule has 6 nitrogen and oxygen atoms in total. The number of carbonyl (C=O) groups is 2. The molecule has 4 rings (SSSR count). The van der Waals surface area contributed by atoms with Gasteiger partial charge in [0.15, 0.2) is 5.17 Å². The summed E-state index contributed by atoms with van der Waals surface area (Å²) in [5, 5.41) is 4.79. The SMILES string of the molecule is CCOC(=O)C1=C(C)N=C2SC=C(CC(=O)NCc3cccc(C(F)(F)F)c3)N2C1c1ccccc1F. The number of nitrogens with one attached hydrogen (secondary N) is 1. The number of allylic oxidation sites excluding steroid dienone is 1. The molecule has 37 heavy (non-hydrogen) atoms. The number of nitrogens with zero attached hydrogens (tertiary/aromatic N) is 2. The zero-order valence-corrected chi connectivity index (χ0v) is 20.8. The van der Waals surface area contributed by atoms with E-state index in [4.69, 9.17) is 4.74 Å². The molecule has 1 amide bonds. The Morgan fingerprint density at radius 3 is 2.62 bits per heavy atom. The van der Waals surface area contributed by atoms with Crippen LogP contribution in [-0.4, -0.2) is 28.6 Å². The summed E-state index contributed by atoms with van der Waals surface area (Å²) in [6.45, 7) is 3.32. The van der Waals surface area contributed by atoms with Gasteiger partial charge in [0, 0.05) is 17.8 Å². The highest BCUT2D eigenvalue weighted by atomic mass is 32.2. The summed E-state index contributed by atoms with van der Waals surface area (Å²) >= 11 is 1.23. The summed E-state index contributed by atoms with van der Waals surface area (Å²) in [4.78, 5) is 31.8. The van der Waals surface area contributed by atoms with Crippen LogP contribution in [0.5, 0.6) is 0 Å². The van der Waals surface area contributed by atoms with Crippen molar-refractivity contribution in [3.63, 3.8) is 0 Å². The molecule has 2 aromatic carbocycles. The molecule has 194 valence electrons.